The van der Waals surface area contributed by atoms with Gasteiger partial charge in [-0.3, -0.25) is 4.57 Å². The van der Waals surface area contributed by atoms with Crippen LogP contribution in [0, 0.1) is 0 Å². The molecule has 3 aromatic heterocycles. The van der Waals surface area contributed by atoms with Gasteiger partial charge < -0.3 is 4.42 Å². The fraction of sp³-hybridized carbons (Fsp3) is 0. The molecule has 13 rings (SSSR count). The Hall–Kier alpha value is -8.34. The van der Waals surface area contributed by atoms with Crippen molar-refractivity contribution in [3.8, 4) is 50.5 Å². The topological polar surface area (TPSA) is 43.9 Å². The second kappa shape index (κ2) is 13.6. The van der Waals surface area contributed by atoms with Crippen LogP contribution in [0.15, 0.2) is 217 Å². The first-order valence-electron chi connectivity index (χ1n) is 21.1. The fourth-order valence-corrected chi connectivity index (χ4v) is 9.56. The number of hydrogen-bond acceptors (Lipinski definition) is 3. The number of hydrogen-bond donors (Lipinski definition) is 0. The van der Waals surface area contributed by atoms with Gasteiger partial charge in [-0.05, 0) is 91.8 Å². The highest BCUT2D eigenvalue weighted by Crippen LogP contribution is 2.43. The van der Waals surface area contributed by atoms with Gasteiger partial charge in [0.2, 0.25) is 0 Å². The van der Waals surface area contributed by atoms with Crippen LogP contribution in [0.2, 0.25) is 0 Å². The van der Waals surface area contributed by atoms with Crippen molar-refractivity contribution in [1.82, 2.24) is 14.5 Å². The summed E-state index contributed by atoms with van der Waals surface area (Å²) in [5, 5.41) is 9.32. The molecule has 0 saturated carbocycles. The maximum absolute atomic E-state index is 6.66. The highest BCUT2D eigenvalue weighted by atomic mass is 16.3. The number of rotatable bonds is 5. The molecular weight excluding hydrogens is 755 g/mol. The SMILES string of the molecule is c1ccc(-c2cc3nc(-c4ccccc4)c(-n4c5cc(-c6ccc7ccccc7c6)ccc5c5cc6ccccc6cc54)nc3cc2-c2cccc3c2oc2ccccc23)cc1. The molecule has 0 spiro atoms. The van der Waals surface area contributed by atoms with Crippen LogP contribution >= 0.6 is 0 Å². The molecule has 0 saturated heterocycles. The zero-order valence-corrected chi connectivity index (χ0v) is 33.5. The predicted octanol–water partition coefficient (Wildman–Crippen LogP) is 15.6. The molecule has 288 valence electrons. The number of aromatic nitrogens is 3. The molecule has 0 radical (unpaired) electrons. The van der Waals surface area contributed by atoms with Crippen molar-refractivity contribution < 1.29 is 4.42 Å². The number of benzene rings is 10. The molecular formula is C58H35N3O. The minimum Gasteiger partial charge on any atom is -0.455 e. The molecule has 0 aliphatic heterocycles. The summed E-state index contributed by atoms with van der Waals surface area (Å²) in [7, 11) is 0. The van der Waals surface area contributed by atoms with Crippen LogP contribution in [-0.4, -0.2) is 14.5 Å². The second-order valence-corrected chi connectivity index (χ2v) is 16.1. The van der Waals surface area contributed by atoms with Crippen molar-refractivity contribution in [2.75, 3.05) is 0 Å². The Morgan fingerprint density at radius 3 is 1.77 bits per heavy atom. The van der Waals surface area contributed by atoms with Crippen molar-refractivity contribution in [2.24, 2.45) is 0 Å². The summed E-state index contributed by atoms with van der Waals surface area (Å²) in [6.45, 7) is 0. The van der Waals surface area contributed by atoms with Crippen LogP contribution in [0.5, 0.6) is 0 Å². The second-order valence-electron chi connectivity index (χ2n) is 16.1. The van der Waals surface area contributed by atoms with Gasteiger partial charge in [-0.25, -0.2) is 9.97 Å². The highest BCUT2D eigenvalue weighted by Gasteiger charge is 2.23. The molecule has 0 aliphatic rings. The van der Waals surface area contributed by atoms with Crippen LogP contribution in [0.3, 0.4) is 0 Å². The van der Waals surface area contributed by atoms with Gasteiger partial charge >= 0.3 is 0 Å². The third-order valence-corrected chi connectivity index (χ3v) is 12.5. The molecule has 13 aromatic rings. The molecule has 10 aromatic carbocycles. The van der Waals surface area contributed by atoms with E-state index >= 15 is 0 Å². The van der Waals surface area contributed by atoms with Gasteiger partial charge in [-0.1, -0.05) is 170 Å². The highest BCUT2D eigenvalue weighted by molar-refractivity contribution is 6.15. The third-order valence-electron chi connectivity index (χ3n) is 12.5. The van der Waals surface area contributed by atoms with Gasteiger partial charge in [-0.2, -0.15) is 0 Å². The number of para-hydroxylation sites is 2. The van der Waals surface area contributed by atoms with Crippen molar-refractivity contribution in [3.05, 3.63) is 212 Å². The summed E-state index contributed by atoms with van der Waals surface area (Å²) in [5.74, 6) is 0.773. The van der Waals surface area contributed by atoms with Crippen molar-refractivity contribution >= 4 is 76.3 Å². The average Bonchev–Trinajstić information content (AvgIpc) is 3.88. The van der Waals surface area contributed by atoms with Gasteiger partial charge in [-0.15, -0.1) is 0 Å². The summed E-state index contributed by atoms with van der Waals surface area (Å²) in [6.07, 6.45) is 0. The summed E-state index contributed by atoms with van der Waals surface area (Å²) in [5.41, 5.74) is 13.8. The molecule has 3 heterocycles. The number of fused-ring (bicyclic) bond motifs is 9. The molecule has 4 heteroatoms. The first-order valence-corrected chi connectivity index (χ1v) is 21.1. The lowest BCUT2D eigenvalue weighted by atomic mass is 9.92. The Kier molecular flexibility index (Phi) is 7.57. The van der Waals surface area contributed by atoms with Crippen LogP contribution < -0.4 is 0 Å². The van der Waals surface area contributed by atoms with E-state index in [-0.39, 0.29) is 0 Å². The van der Waals surface area contributed by atoms with E-state index in [2.05, 4.69) is 205 Å². The van der Waals surface area contributed by atoms with Crippen molar-refractivity contribution in [1.29, 1.82) is 0 Å². The Bertz CT molecular complexity index is 3920. The monoisotopic (exact) mass is 789 g/mol. The smallest absolute Gasteiger partial charge is 0.165 e. The van der Waals surface area contributed by atoms with Crippen LogP contribution in [0.4, 0.5) is 0 Å². The Morgan fingerprint density at radius 1 is 0.339 bits per heavy atom. The predicted molar refractivity (Wildman–Crippen MR) is 258 cm³/mol. The van der Waals surface area contributed by atoms with Crippen LogP contribution in [0.25, 0.3) is 127 Å². The zero-order chi connectivity index (χ0) is 40.7. The molecule has 0 atom stereocenters. The first kappa shape index (κ1) is 34.5. The molecule has 62 heavy (non-hydrogen) atoms. The molecule has 0 unspecified atom stereocenters. The Labute approximate surface area is 356 Å². The van der Waals surface area contributed by atoms with Crippen molar-refractivity contribution in [2.45, 2.75) is 0 Å². The van der Waals surface area contributed by atoms with E-state index in [1.165, 1.54) is 32.5 Å². The van der Waals surface area contributed by atoms with Gasteiger partial charge in [0.05, 0.1) is 22.1 Å². The standard InChI is InChI=1S/C58H35N3O/c1-3-15-37(16-4-1)48-34-51-52(35-49(48)47-24-13-23-46-45-22-11-12-25-55(45)62-57(46)47)60-58(56(59-51)38-17-5-2-6-18-38)61-53-33-43(42-27-26-36-14-7-8-19-39(36)30-42)28-29-44(53)50-31-40-20-9-10-21-41(40)32-54(50)61/h1-35H. The molecule has 0 aliphatic carbocycles. The largest absolute Gasteiger partial charge is 0.455 e. The Morgan fingerprint density at radius 2 is 0.952 bits per heavy atom. The van der Waals surface area contributed by atoms with Gasteiger partial charge in [0.1, 0.15) is 16.9 Å². The first-order chi connectivity index (χ1) is 30.7. The van der Waals surface area contributed by atoms with Crippen LogP contribution in [-0.2, 0) is 0 Å². The molecule has 0 bridgehead atoms. The van der Waals surface area contributed by atoms with Crippen molar-refractivity contribution in [3.63, 3.8) is 0 Å². The van der Waals surface area contributed by atoms with E-state index in [0.29, 0.717) is 0 Å². The van der Waals surface area contributed by atoms with E-state index in [1.54, 1.807) is 0 Å². The van der Waals surface area contributed by atoms with E-state index < -0.39 is 0 Å². The molecule has 0 fully saturated rings. The molecule has 0 N–H and O–H groups in total. The quantitative estimate of drug-likeness (QED) is 0.174. The molecule has 0 amide bonds. The minimum absolute atomic E-state index is 0.773. The lowest BCUT2D eigenvalue weighted by Crippen LogP contribution is -2.04. The fourth-order valence-electron chi connectivity index (χ4n) is 9.56. The summed E-state index contributed by atoms with van der Waals surface area (Å²) in [6, 6.07) is 75.6. The van der Waals surface area contributed by atoms with E-state index in [1.807, 2.05) is 12.1 Å². The lowest BCUT2D eigenvalue weighted by molar-refractivity contribution is 0.670. The van der Waals surface area contributed by atoms with Gasteiger partial charge in [0, 0.05) is 32.7 Å². The Balaban J connectivity index is 1.14. The lowest BCUT2D eigenvalue weighted by Gasteiger charge is -2.17. The molecule has 4 nitrogen and oxygen atoms in total. The average molecular weight is 790 g/mol. The van der Waals surface area contributed by atoms with E-state index in [4.69, 9.17) is 14.4 Å². The van der Waals surface area contributed by atoms with Crippen LogP contribution in [0.1, 0.15) is 0 Å². The minimum atomic E-state index is 0.773. The summed E-state index contributed by atoms with van der Waals surface area (Å²) >= 11 is 0. The maximum Gasteiger partial charge on any atom is 0.165 e. The normalized spacial score (nSPS) is 11.9. The number of nitrogens with zero attached hydrogens (tertiary/aromatic N) is 3. The third kappa shape index (κ3) is 5.40. The maximum atomic E-state index is 6.66. The summed E-state index contributed by atoms with van der Waals surface area (Å²) in [4.78, 5) is 11.3. The summed E-state index contributed by atoms with van der Waals surface area (Å²) < 4.78 is 9.01. The zero-order valence-electron chi connectivity index (χ0n) is 33.5. The van der Waals surface area contributed by atoms with E-state index in [0.717, 1.165) is 94.3 Å². The number of furan rings is 1. The van der Waals surface area contributed by atoms with Gasteiger partial charge in [0.15, 0.2) is 5.82 Å². The van der Waals surface area contributed by atoms with Gasteiger partial charge in [0.25, 0.3) is 0 Å². The van der Waals surface area contributed by atoms with E-state index in [9.17, 15) is 0 Å².